The van der Waals surface area contributed by atoms with E-state index in [1.54, 1.807) is 21.7 Å². The molecular weight excluding hydrogens is 343 g/mol. The molecule has 2 aromatic rings. The quantitative estimate of drug-likeness (QED) is 0.550. The molecule has 0 nitrogen and oxygen atoms in total. The van der Waals surface area contributed by atoms with E-state index in [1.807, 2.05) is 0 Å². The first-order chi connectivity index (χ1) is 13.0. The van der Waals surface area contributed by atoms with E-state index in [0.29, 0.717) is 5.16 Å². The van der Waals surface area contributed by atoms with Gasteiger partial charge in [0.1, 0.15) is 0 Å². The molecule has 0 aliphatic heterocycles. The van der Waals surface area contributed by atoms with E-state index < -0.39 is 0 Å². The molecule has 4 fully saturated rings. The molecule has 0 heterocycles. The molecule has 0 amide bonds. The van der Waals surface area contributed by atoms with Crippen molar-refractivity contribution >= 4 is 18.5 Å². The first-order valence-corrected chi connectivity index (χ1v) is 12.2. The number of hydrogen-bond acceptors (Lipinski definition) is 0. The summed E-state index contributed by atoms with van der Waals surface area (Å²) in [4.78, 5) is 0. The fourth-order valence-electron chi connectivity index (χ4n) is 6.94. The topological polar surface area (TPSA) is 0 Å². The van der Waals surface area contributed by atoms with E-state index in [2.05, 4.69) is 64.1 Å². The molecule has 6 rings (SSSR count). The highest BCUT2D eigenvalue weighted by molar-refractivity contribution is 7.74. The van der Waals surface area contributed by atoms with Gasteiger partial charge in [-0.05, 0) is 130 Å². The van der Waals surface area contributed by atoms with Crippen molar-refractivity contribution < 1.29 is 0 Å². The Bertz CT molecular complexity index is 791. The minimum atomic E-state index is -0.299. The molecule has 4 bridgehead atoms. The minimum Gasteiger partial charge on any atom is -0.0613 e. The average Bonchev–Trinajstić information content (AvgIpc) is 2.61. The van der Waals surface area contributed by atoms with Crippen molar-refractivity contribution in [3.63, 3.8) is 0 Å². The Hall–Kier alpha value is -1.13. The van der Waals surface area contributed by atoms with Gasteiger partial charge in [0.2, 0.25) is 0 Å². The van der Waals surface area contributed by atoms with Crippen LogP contribution in [0.4, 0.5) is 0 Å². The van der Waals surface area contributed by atoms with E-state index in [4.69, 9.17) is 0 Å². The van der Waals surface area contributed by atoms with Gasteiger partial charge < -0.3 is 0 Å². The summed E-state index contributed by atoms with van der Waals surface area (Å²) in [7, 11) is -0.299. The van der Waals surface area contributed by atoms with Gasteiger partial charge in [-0.15, -0.1) is 0 Å². The number of hydrogen-bond donors (Lipinski definition) is 0. The van der Waals surface area contributed by atoms with Gasteiger partial charge in [-0.1, -0.05) is 36.4 Å². The van der Waals surface area contributed by atoms with Crippen LogP contribution in [0.25, 0.3) is 0 Å². The van der Waals surface area contributed by atoms with Crippen molar-refractivity contribution in [3.05, 3.63) is 58.7 Å². The van der Waals surface area contributed by atoms with E-state index in [-0.39, 0.29) is 7.92 Å². The van der Waals surface area contributed by atoms with Crippen LogP contribution in [0.1, 0.15) is 60.8 Å². The SMILES string of the molecule is Cc1cccc(P(c2cccc(C)c2C)C23CC4CC(CC(C4)C2)C3)c1C. The molecule has 0 spiro atoms. The molecule has 27 heavy (non-hydrogen) atoms. The molecular formula is C26H33P. The smallest absolute Gasteiger partial charge is 0.000622 e. The van der Waals surface area contributed by atoms with Crippen molar-refractivity contribution in [1.29, 1.82) is 0 Å². The number of rotatable bonds is 3. The zero-order valence-corrected chi connectivity index (χ0v) is 18.3. The minimum absolute atomic E-state index is 0.299. The summed E-state index contributed by atoms with van der Waals surface area (Å²) in [6.07, 6.45) is 9.06. The third-order valence-corrected chi connectivity index (χ3v) is 11.5. The summed E-state index contributed by atoms with van der Waals surface area (Å²) in [6.45, 7) is 9.36. The summed E-state index contributed by atoms with van der Waals surface area (Å²) >= 11 is 0. The molecule has 142 valence electrons. The standard InChI is InChI=1S/C26H33P/c1-17-7-5-9-24(19(17)3)27(25-10-6-8-18(2)20(25)4)26-14-21-11-22(15-26)13-23(12-21)16-26/h5-10,21-23H,11-16H2,1-4H3. The van der Waals surface area contributed by atoms with E-state index >= 15 is 0 Å². The lowest BCUT2D eigenvalue weighted by atomic mass is 9.56. The normalized spacial score (nSPS) is 31.7. The average molecular weight is 377 g/mol. The van der Waals surface area contributed by atoms with Crippen LogP contribution in [0.2, 0.25) is 0 Å². The molecule has 4 aliphatic carbocycles. The molecule has 2 aromatic carbocycles. The lowest BCUT2D eigenvalue weighted by Crippen LogP contribution is -2.52. The van der Waals surface area contributed by atoms with E-state index in [1.165, 1.54) is 49.7 Å². The van der Waals surface area contributed by atoms with Crippen LogP contribution in [-0.2, 0) is 0 Å². The molecule has 0 saturated heterocycles. The van der Waals surface area contributed by atoms with Crippen molar-refractivity contribution in [3.8, 4) is 0 Å². The Morgan fingerprint density at radius 1 is 0.667 bits per heavy atom. The Balaban J connectivity index is 1.72. The molecule has 0 radical (unpaired) electrons. The summed E-state index contributed by atoms with van der Waals surface area (Å²) in [5.74, 6) is 3.03. The summed E-state index contributed by atoms with van der Waals surface area (Å²) in [6, 6.07) is 14.2. The second kappa shape index (κ2) is 6.45. The molecule has 0 aromatic heterocycles. The second-order valence-corrected chi connectivity index (χ2v) is 12.5. The van der Waals surface area contributed by atoms with Crippen LogP contribution in [0.3, 0.4) is 0 Å². The van der Waals surface area contributed by atoms with Crippen molar-refractivity contribution in [2.24, 2.45) is 17.8 Å². The first-order valence-electron chi connectivity index (χ1n) is 10.9. The van der Waals surface area contributed by atoms with Crippen molar-refractivity contribution in [2.45, 2.75) is 71.4 Å². The third kappa shape index (κ3) is 2.82. The van der Waals surface area contributed by atoms with Gasteiger partial charge in [-0.3, -0.25) is 0 Å². The summed E-state index contributed by atoms with van der Waals surface area (Å²) in [5, 5.41) is 3.92. The summed E-state index contributed by atoms with van der Waals surface area (Å²) in [5.41, 5.74) is 6.05. The van der Waals surface area contributed by atoms with Crippen LogP contribution in [0, 0.1) is 45.4 Å². The second-order valence-electron chi connectivity index (χ2n) is 9.92. The fraction of sp³-hybridized carbons (Fsp3) is 0.538. The first kappa shape index (κ1) is 17.9. The van der Waals surface area contributed by atoms with Crippen molar-refractivity contribution in [2.75, 3.05) is 0 Å². The van der Waals surface area contributed by atoms with Gasteiger partial charge in [-0.2, -0.15) is 0 Å². The third-order valence-electron chi connectivity index (χ3n) is 8.11. The monoisotopic (exact) mass is 376 g/mol. The van der Waals surface area contributed by atoms with Crippen LogP contribution < -0.4 is 10.6 Å². The maximum atomic E-state index is 2.48. The van der Waals surface area contributed by atoms with Gasteiger partial charge >= 0.3 is 0 Å². The highest BCUT2D eigenvalue weighted by Gasteiger charge is 2.55. The highest BCUT2D eigenvalue weighted by atomic mass is 31.1. The highest BCUT2D eigenvalue weighted by Crippen LogP contribution is 2.68. The lowest BCUT2D eigenvalue weighted by molar-refractivity contribution is 0.0364. The van der Waals surface area contributed by atoms with Gasteiger partial charge in [0.15, 0.2) is 0 Å². The van der Waals surface area contributed by atoms with E-state index in [9.17, 15) is 0 Å². The van der Waals surface area contributed by atoms with Gasteiger partial charge in [0.05, 0.1) is 0 Å². The maximum Gasteiger partial charge on any atom is -0.000622 e. The van der Waals surface area contributed by atoms with Gasteiger partial charge in [0, 0.05) is 0 Å². The molecule has 1 heteroatoms. The number of aryl methyl sites for hydroxylation is 2. The maximum absolute atomic E-state index is 2.48. The van der Waals surface area contributed by atoms with Crippen LogP contribution in [0.5, 0.6) is 0 Å². The summed E-state index contributed by atoms with van der Waals surface area (Å²) < 4.78 is 0. The van der Waals surface area contributed by atoms with Crippen LogP contribution in [0.15, 0.2) is 36.4 Å². The molecule has 4 saturated carbocycles. The molecule has 0 N–H and O–H groups in total. The Morgan fingerprint density at radius 2 is 1.07 bits per heavy atom. The zero-order valence-electron chi connectivity index (χ0n) is 17.4. The van der Waals surface area contributed by atoms with Crippen molar-refractivity contribution in [1.82, 2.24) is 0 Å². The predicted molar refractivity (Wildman–Crippen MR) is 119 cm³/mol. The Kier molecular flexibility index (Phi) is 4.28. The van der Waals surface area contributed by atoms with E-state index in [0.717, 1.165) is 17.8 Å². The van der Waals surface area contributed by atoms with Crippen LogP contribution >= 0.6 is 7.92 Å². The molecule has 0 atom stereocenters. The largest absolute Gasteiger partial charge is 0.0613 e. The van der Waals surface area contributed by atoms with Gasteiger partial charge in [-0.25, -0.2) is 0 Å². The lowest BCUT2D eigenvalue weighted by Gasteiger charge is -2.60. The molecule has 0 unspecified atom stereocenters. The molecule has 4 aliphatic rings. The zero-order chi connectivity index (χ0) is 18.8. The Labute approximate surface area is 166 Å². The Morgan fingerprint density at radius 3 is 1.48 bits per heavy atom. The van der Waals surface area contributed by atoms with Crippen LogP contribution in [-0.4, -0.2) is 5.16 Å². The predicted octanol–water partition coefficient (Wildman–Crippen LogP) is 6.32. The van der Waals surface area contributed by atoms with Gasteiger partial charge in [0.25, 0.3) is 0 Å². The number of benzene rings is 2. The fourth-order valence-corrected chi connectivity index (χ4v) is 11.0.